The number of carbonyl (C=O) groups excluding carboxylic acids is 1. The van der Waals surface area contributed by atoms with Crippen LogP contribution in [0.1, 0.15) is 35.7 Å². The van der Waals surface area contributed by atoms with Gasteiger partial charge < -0.3 is 14.7 Å². The maximum atomic E-state index is 15.2. The maximum absolute atomic E-state index is 15.2. The normalized spacial score (nSPS) is 12.7. The van der Waals surface area contributed by atoms with E-state index >= 15 is 4.39 Å². The van der Waals surface area contributed by atoms with E-state index in [1.54, 1.807) is 40.9 Å². The average Bonchev–Trinajstić information content (AvgIpc) is 3.35. The van der Waals surface area contributed by atoms with Crippen LogP contribution in [-0.2, 0) is 0 Å². The van der Waals surface area contributed by atoms with Gasteiger partial charge in [0.25, 0.3) is 5.91 Å². The number of benzene rings is 2. The van der Waals surface area contributed by atoms with Gasteiger partial charge in [-0.15, -0.1) is 11.3 Å². The largest absolute Gasteiger partial charge is 0.485 e. The predicted molar refractivity (Wildman–Crippen MR) is 158 cm³/mol. The first kappa shape index (κ1) is 28.7. The molecule has 2 unspecified atom stereocenters. The third kappa shape index (κ3) is 5.55. The summed E-state index contributed by atoms with van der Waals surface area (Å²) in [5.41, 5.74) is 3.69. The Morgan fingerprint density at radius 2 is 1.69 bits per heavy atom. The molecule has 11 nitrogen and oxygen atoms in total. The van der Waals surface area contributed by atoms with Crippen molar-refractivity contribution in [2.24, 2.45) is 0 Å². The fourth-order valence-electron chi connectivity index (χ4n) is 4.43. The number of thiazole rings is 1. The molecular formula is C29H28FN7O4S. The summed E-state index contributed by atoms with van der Waals surface area (Å²) in [4.78, 5) is 48.9. The molecule has 5 aromatic rings. The molecule has 3 heterocycles. The van der Waals surface area contributed by atoms with Crippen LogP contribution in [0.3, 0.4) is 0 Å². The summed E-state index contributed by atoms with van der Waals surface area (Å²) in [6.45, 7) is 6.95. The van der Waals surface area contributed by atoms with Gasteiger partial charge in [-0.1, -0.05) is 0 Å². The first-order valence-electron chi connectivity index (χ1n) is 13.0. The number of aromatic nitrogens is 5. The van der Waals surface area contributed by atoms with Gasteiger partial charge in [0.05, 0.1) is 51.6 Å². The van der Waals surface area contributed by atoms with Gasteiger partial charge in [-0.25, -0.2) is 29.1 Å². The van der Waals surface area contributed by atoms with Crippen LogP contribution in [0.4, 0.5) is 14.9 Å². The average molecular weight is 590 g/mol. The van der Waals surface area contributed by atoms with Crippen LogP contribution in [0, 0.1) is 19.7 Å². The summed E-state index contributed by atoms with van der Waals surface area (Å²) in [6, 6.07) is 5.94. The molecule has 0 bridgehead atoms. The molecule has 2 aromatic carbocycles. The zero-order chi connectivity index (χ0) is 30.3. The number of nitrogens with zero attached hydrogens (tertiary/aromatic N) is 7. The lowest BCUT2D eigenvalue weighted by Crippen LogP contribution is -2.46. The Morgan fingerprint density at radius 1 is 0.976 bits per heavy atom. The summed E-state index contributed by atoms with van der Waals surface area (Å²) < 4.78 is 21.8. The smallest absolute Gasteiger partial charge is 0.412 e. The van der Waals surface area contributed by atoms with Crippen molar-refractivity contribution in [2.45, 2.75) is 39.8 Å². The van der Waals surface area contributed by atoms with Gasteiger partial charge in [0.1, 0.15) is 22.6 Å². The lowest BCUT2D eigenvalue weighted by molar-refractivity contribution is 0.0822. The molecule has 0 saturated heterocycles. The van der Waals surface area contributed by atoms with E-state index in [-0.39, 0.29) is 23.0 Å². The molecule has 0 fully saturated rings. The number of ether oxygens (including phenoxy) is 1. The zero-order valence-electron chi connectivity index (χ0n) is 23.8. The standard InChI is InChI=1S/C29H28FN7O4S/c1-14-7-19(26-22(8-14)34-23(13-33-26)28(38)36(5)6)27-35-21-9-20(30)24(10-25(21)42-27)41-16(3)15(2)37(29(39)40)18-11-31-17(4)32-12-18/h7-13,15-16H,1-6H3,(H,39,40). The van der Waals surface area contributed by atoms with E-state index < -0.39 is 24.1 Å². The van der Waals surface area contributed by atoms with Crippen molar-refractivity contribution >= 4 is 50.3 Å². The van der Waals surface area contributed by atoms with E-state index in [1.165, 1.54) is 40.9 Å². The van der Waals surface area contributed by atoms with E-state index in [2.05, 4.69) is 24.9 Å². The number of hydrogen-bond acceptors (Lipinski definition) is 9. The van der Waals surface area contributed by atoms with E-state index in [0.29, 0.717) is 37.6 Å². The molecular weight excluding hydrogens is 561 g/mol. The summed E-state index contributed by atoms with van der Waals surface area (Å²) in [5.74, 6) is -0.393. The highest BCUT2D eigenvalue weighted by Crippen LogP contribution is 2.37. The number of hydrogen-bond donors (Lipinski definition) is 1. The first-order chi connectivity index (χ1) is 19.9. The molecule has 42 heavy (non-hydrogen) atoms. The van der Waals surface area contributed by atoms with Crippen LogP contribution in [0.2, 0.25) is 0 Å². The van der Waals surface area contributed by atoms with Gasteiger partial charge in [-0.3, -0.25) is 14.7 Å². The van der Waals surface area contributed by atoms with Crippen molar-refractivity contribution in [3.05, 3.63) is 65.8 Å². The molecule has 0 aliphatic heterocycles. The molecule has 2 atom stereocenters. The van der Waals surface area contributed by atoms with Gasteiger partial charge in [-0.2, -0.15) is 0 Å². The number of fused-ring (bicyclic) bond motifs is 2. The summed E-state index contributed by atoms with van der Waals surface area (Å²) in [5, 5.41) is 10.5. The number of carboxylic acid groups (broad SMARTS) is 1. The van der Waals surface area contributed by atoms with Gasteiger partial charge >= 0.3 is 6.09 Å². The molecule has 0 saturated carbocycles. The zero-order valence-corrected chi connectivity index (χ0v) is 24.6. The molecule has 1 N–H and O–H groups in total. The molecule has 216 valence electrons. The van der Waals surface area contributed by atoms with E-state index in [9.17, 15) is 14.7 Å². The lowest BCUT2D eigenvalue weighted by Gasteiger charge is -2.30. The molecule has 13 heteroatoms. The van der Waals surface area contributed by atoms with Crippen LogP contribution in [-0.4, -0.2) is 73.2 Å². The number of anilines is 1. The quantitative estimate of drug-likeness (QED) is 0.261. The number of halogens is 1. The molecule has 0 aliphatic carbocycles. The first-order valence-corrected chi connectivity index (χ1v) is 13.8. The van der Waals surface area contributed by atoms with Gasteiger partial charge in [0.15, 0.2) is 11.6 Å². The van der Waals surface area contributed by atoms with Crippen molar-refractivity contribution in [3.63, 3.8) is 0 Å². The number of amides is 2. The van der Waals surface area contributed by atoms with Crippen molar-refractivity contribution < 1.29 is 23.8 Å². The molecule has 2 amide bonds. The number of aryl methyl sites for hydroxylation is 2. The fraction of sp³-hybridized carbons (Fsp3) is 0.276. The van der Waals surface area contributed by atoms with Gasteiger partial charge in [0.2, 0.25) is 0 Å². The summed E-state index contributed by atoms with van der Waals surface area (Å²) >= 11 is 1.34. The maximum Gasteiger partial charge on any atom is 0.412 e. The highest BCUT2D eigenvalue weighted by atomic mass is 32.1. The molecule has 0 aliphatic rings. The Labute approximate surface area is 244 Å². The Balaban J connectivity index is 1.46. The third-order valence-electron chi connectivity index (χ3n) is 6.74. The monoisotopic (exact) mass is 589 g/mol. The molecule has 0 spiro atoms. The highest BCUT2D eigenvalue weighted by Gasteiger charge is 2.29. The van der Waals surface area contributed by atoms with Crippen LogP contribution in [0.25, 0.3) is 31.8 Å². The van der Waals surface area contributed by atoms with E-state index in [1.807, 2.05) is 19.1 Å². The minimum Gasteiger partial charge on any atom is -0.485 e. The summed E-state index contributed by atoms with van der Waals surface area (Å²) in [7, 11) is 3.30. The van der Waals surface area contributed by atoms with E-state index in [4.69, 9.17) is 4.74 Å². The van der Waals surface area contributed by atoms with Crippen molar-refractivity contribution in [2.75, 3.05) is 19.0 Å². The fourth-order valence-corrected chi connectivity index (χ4v) is 5.43. The van der Waals surface area contributed by atoms with Crippen molar-refractivity contribution in [3.8, 4) is 16.3 Å². The topological polar surface area (TPSA) is 135 Å². The van der Waals surface area contributed by atoms with E-state index in [0.717, 1.165) is 10.5 Å². The van der Waals surface area contributed by atoms with Crippen LogP contribution in [0.5, 0.6) is 5.75 Å². The molecule has 0 radical (unpaired) electrons. The molecule has 3 aromatic heterocycles. The Hall–Kier alpha value is -4.78. The predicted octanol–water partition coefficient (Wildman–Crippen LogP) is 5.49. The lowest BCUT2D eigenvalue weighted by atomic mass is 10.1. The van der Waals surface area contributed by atoms with Crippen LogP contribution in [0.15, 0.2) is 42.9 Å². The number of carbonyl (C=O) groups is 2. The SMILES string of the molecule is Cc1cc(-c2nc3cc(F)c(OC(C)C(C)N(C(=O)O)c4cnc(C)nc4)cc3s2)c2ncc(C(=O)N(C)C)nc2c1. The Kier molecular flexibility index (Phi) is 7.69. The van der Waals surface area contributed by atoms with Crippen molar-refractivity contribution in [1.82, 2.24) is 29.8 Å². The van der Waals surface area contributed by atoms with Crippen molar-refractivity contribution in [1.29, 1.82) is 0 Å². The molecule has 5 rings (SSSR count). The van der Waals surface area contributed by atoms with Gasteiger partial charge in [0, 0.05) is 31.8 Å². The second-order valence-electron chi connectivity index (χ2n) is 10.1. The Morgan fingerprint density at radius 3 is 2.36 bits per heavy atom. The second-order valence-corrected chi connectivity index (χ2v) is 11.1. The highest BCUT2D eigenvalue weighted by molar-refractivity contribution is 7.21. The van der Waals surface area contributed by atoms with Gasteiger partial charge in [-0.05, 0) is 45.4 Å². The number of rotatable bonds is 7. The minimum absolute atomic E-state index is 0.0247. The Bertz CT molecular complexity index is 1830. The van der Waals surface area contributed by atoms with Crippen LogP contribution < -0.4 is 9.64 Å². The van der Waals surface area contributed by atoms with Crippen LogP contribution >= 0.6 is 11.3 Å². The second kappa shape index (κ2) is 11.2. The minimum atomic E-state index is -1.21. The third-order valence-corrected chi connectivity index (χ3v) is 7.79. The summed E-state index contributed by atoms with van der Waals surface area (Å²) in [6.07, 6.45) is 2.35.